The zero-order valence-electron chi connectivity index (χ0n) is 9.37. The van der Waals surface area contributed by atoms with Crippen molar-refractivity contribution < 1.29 is 0 Å². The van der Waals surface area contributed by atoms with Crippen LogP contribution in [-0.4, -0.2) is 15.2 Å². The second-order valence-electron chi connectivity index (χ2n) is 3.79. The maximum Gasteiger partial charge on any atom is 0.142 e. The van der Waals surface area contributed by atoms with Gasteiger partial charge in [0.2, 0.25) is 0 Å². The van der Waals surface area contributed by atoms with E-state index < -0.39 is 0 Å². The lowest BCUT2D eigenvalue weighted by atomic mass is 10.1. The Bertz CT molecular complexity index is 234. The molecule has 4 N–H and O–H groups in total. The van der Waals surface area contributed by atoms with E-state index in [2.05, 4.69) is 27.5 Å². The van der Waals surface area contributed by atoms with Crippen molar-refractivity contribution >= 4 is 0 Å². The first-order valence-corrected chi connectivity index (χ1v) is 5.69. The molecule has 0 spiro atoms. The summed E-state index contributed by atoms with van der Waals surface area (Å²) in [4.78, 5) is 4.09. The van der Waals surface area contributed by atoms with E-state index in [1.807, 2.05) is 0 Å². The molecular weight excluding hydrogens is 190 g/mol. The second kappa shape index (κ2) is 7.36. The Kier molecular flexibility index (Phi) is 5.96. The van der Waals surface area contributed by atoms with Gasteiger partial charge in [0.25, 0.3) is 0 Å². The van der Waals surface area contributed by atoms with Gasteiger partial charge in [0.1, 0.15) is 12.2 Å². The summed E-state index contributed by atoms with van der Waals surface area (Å²) in [5.41, 5.74) is 2.76. The van der Waals surface area contributed by atoms with E-state index in [-0.39, 0.29) is 6.04 Å². The van der Waals surface area contributed by atoms with Crippen molar-refractivity contribution in [3.8, 4) is 0 Å². The van der Waals surface area contributed by atoms with Crippen molar-refractivity contribution in [2.45, 2.75) is 51.5 Å². The molecule has 86 valence electrons. The number of hydrogen-bond donors (Lipinski definition) is 3. The fraction of sp³-hybridized carbons (Fsp3) is 0.800. The molecule has 1 heterocycles. The van der Waals surface area contributed by atoms with Crippen LogP contribution in [0.2, 0.25) is 0 Å². The fourth-order valence-corrected chi connectivity index (χ4v) is 1.63. The molecule has 0 saturated heterocycles. The number of hydrazine groups is 1. The van der Waals surface area contributed by atoms with Crippen molar-refractivity contribution in [3.05, 3.63) is 12.2 Å². The Balaban J connectivity index is 2.18. The Morgan fingerprint density at radius 2 is 2.20 bits per heavy atom. The van der Waals surface area contributed by atoms with Crippen molar-refractivity contribution in [2.24, 2.45) is 5.84 Å². The summed E-state index contributed by atoms with van der Waals surface area (Å²) in [6.07, 6.45) is 8.87. The Hall–Kier alpha value is -0.940. The van der Waals surface area contributed by atoms with Gasteiger partial charge in [-0.3, -0.25) is 10.9 Å². The molecule has 5 nitrogen and oxygen atoms in total. The van der Waals surface area contributed by atoms with Crippen LogP contribution >= 0.6 is 0 Å². The molecule has 5 heteroatoms. The van der Waals surface area contributed by atoms with E-state index in [1.54, 1.807) is 0 Å². The lowest BCUT2D eigenvalue weighted by Gasteiger charge is -2.12. The molecule has 0 fully saturated rings. The molecule has 1 unspecified atom stereocenters. The molecule has 0 bridgehead atoms. The average molecular weight is 211 g/mol. The number of nitrogens with one attached hydrogen (secondary N) is 2. The van der Waals surface area contributed by atoms with Crippen LogP contribution in [-0.2, 0) is 0 Å². The minimum Gasteiger partial charge on any atom is -0.271 e. The maximum atomic E-state index is 5.47. The molecule has 0 amide bonds. The summed E-state index contributed by atoms with van der Waals surface area (Å²) in [5, 5.41) is 6.65. The van der Waals surface area contributed by atoms with Crippen molar-refractivity contribution in [3.63, 3.8) is 0 Å². The quantitative estimate of drug-likeness (QED) is 0.347. The maximum absolute atomic E-state index is 5.47. The molecule has 0 radical (unpaired) electrons. The van der Waals surface area contributed by atoms with E-state index in [4.69, 9.17) is 5.84 Å². The number of unbranched alkanes of at least 4 members (excludes halogenated alkanes) is 4. The van der Waals surface area contributed by atoms with Gasteiger partial charge in [-0.25, -0.2) is 10.4 Å². The summed E-state index contributed by atoms with van der Waals surface area (Å²) >= 11 is 0. The van der Waals surface area contributed by atoms with Crippen LogP contribution in [0.3, 0.4) is 0 Å². The molecule has 0 aliphatic heterocycles. The lowest BCUT2D eigenvalue weighted by Crippen LogP contribution is -2.28. The van der Waals surface area contributed by atoms with Gasteiger partial charge in [0.05, 0.1) is 6.04 Å². The summed E-state index contributed by atoms with van der Waals surface area (Å²) in [5.74, 6) is 6.29. The van der Waals surface area contributed by atoms with Crippen LogP contribution in [0.25, 0.3) is 0 Å². The molecular formula is C10H21N5. The molecule has 0 aliphatic rings. The van der Waals surface area contributed by atoms with Gasteiger partial charge in [-0.15, -0.1) is 0 Å². The fourth-order valence-electron chi connectivity index (χ4n) is 1.63. The van der Waals surface area contributed by atoms with Crippen LogP contribution in [0, 0.1) is 0 Å². The largest absolute Gasteiger partial charge is 0.271 e. The number of rotatable bonds is 8. The Morgan fingerprint density at radius 1 is 1.40 bits per heavy atom. The summed E-state index contributed by atoms with van der Waals surface area (Å²) < 4.78 is 0. The summed E-state index contributed by atoms with van der Waals surface area (Å²) in [6, 6.07) is 0.106. The third kappa shape index (κ3) is 4.40. The highest BCUT2D eigenvalue weighted by Gasteiger charge is 2.11. The number of aromatic nitrogens is 3. The molecule has 0 aromatic carbocycles. The first kappa shape index (κ1) is 12.1. The van der Waals surface area contributed by atoms with Crippen LogP contribution in [0.4, 0.5) is 0 Å². The number of nitrogens with zero attached hydrogens (tertiary/aromatic N) is 2. The monoisotopic (exact) mass is 211 g/mol. The molecule has 1 aromatic rings. The minimum atomic E-state index is 0.106. The van der Waals surface area contributed by atoms with E-state index in [9.17, 15) is 0 Å². The van der Waals surface area contributed by atoms with E-state index >= 15 is 0 Å². The van der Waals surface area contributed by atoms with Gasteiger partial charge >= 0.3 is 0 Å². The second-order valence-corrected chi connectivity index (χ2v) is 3.79. The lowest BCUT2D eigenvalue weighted by molar-refractivity contribution is 0.461. The summed E-state index contributed by atoms with van der Waals surface area (Å²) in [7, 11) is 0. The van der Waals surface area contributed by atoms with Gasteiger partial charge in [0, 0.05) is 0 Å². The topological polar surface area (TPSA) is 79.6 Å². The van der Waals surface area contributed by atoms with Gasteiger partial charge in [0.15, 0.2) is 0 Å². The highest BCUT2D eigenvalue weighted by atomic mass is 15.3. The Labute approximate surface area is 90.8 Å². The van der Waals surface area contributed by atoms with E-state index in [0.29, 0.717) is 0 Å². The zero-order chi connectivity index (χ0) is 10.9. The predicted octanol–water partition coefficient (Wildman–Crippen LogP) is 1.67. The predicted molar refractivity (Wildman–Crippen MR) is 59.8 cm³/mol. The van der Waals surface area contributed by atoms with Gasteiger partial charge in [-0.2, -0.15) is 5.10 Å². The minimum absolute atomic E-state index is 0.106. The third-order valence-corrected chi connectivity index (χ3v) is 2.56. The SMILES string of the molecule is CCCCCCCC(NN)c1ncn[nH]1. The van der Waals surface area contributed by atoms with Crippen molar-refractivity contribution in [1.29, 1.82) is 0 Å². The first-order chi connectivity index (χ1) is 7.38. The molecule has 0 saturated carbocycles. The van der Waals surface area contributed by atoms with Gasteiger partial charge in [-0.1, -0.05) is 39.0 Å². The van der Waals surface area contributed by atoms with Gasteiger partial charge in [-0.05, 0) is 6.42 Å². The van der Waals surface area contributed by atoms with Crippen LogP contribution in [0.5, 0.6) is 0 Å². The first-order valence-electron chi connectivity index (χ1n) is 5.69. The average Bonchev–Trinajstić information content (AvgIpc) is 2.77. The zero-order valence-corrected chi connectivity index (χ0v) is 9.37. The number of H-pyrrole nitrogens is 1. The number of nitrogens with two attached hydrogens (primary N) is 1. The standard InChI is InChI=1S/C10H21N5/c1-2-3-4-5-6-7-9(14-11)10-12-8-13-15-10/h8-9,14H,2-7,11H2,1H3,(H,12,13,15). The smallest absolute Gasteiger partial charge is 0.142 e. The normalized spacial score (nSPS) is 12.9. The summed E-state index contributed by atoms with van der Waals surface area (Å²) in [6.45, 7) is 2.22. The molecule has 1 rings (SSSR count). The number of aromatic amines is 1. The molecule has 0 aliphatic carbocycles. The molecule has 1 atom stereocenters. The highest BCUT2D eigenvalue weighted by molar-refractivity contribution is 4.89. The van der Waals surface area contributed by atoms with Crippen molar-refractivity contribution in [2.75, 3.05) is 0 Å². The van der Waals surface area contributed by atoms with Crippen molar-refractivity contribution in [1.82, 2.24) is 20.6 Å². The molecule has 15 heavy (non-hydrogen) atoms. The molecule has 1 aromatic heterocycles. The third-order valence-electron chi connectivity index (χ3n) is 2.56. The highest BCUT2D eigenvalue weighted by Crippen LogP contribution is 2.15. The van der Waals surface area contributed by atoms with Crippen LogP contribution in [0.15, 0.2) is 6.33 Å². The van der Waals surface area contributed by atoms with Crippen LogP contribution < -0.4 is 11.3 Å². The van der Waals surface area contributed by atoms with E-state index in [0.717, 1.165) is 12.2 Å². The van der Waals surface area contributed by atoms with Crippen LogP contribution in [0.1, 0.15) is 57.3 Å². The Morgan fingerprint density at radius 3 is 2.80 bits per heavy atom. The van der Waals surface area contributed by atoms with E-state index in [1.165, 1.54) is 38.4 Å². The number of hydrogen-bond acceptors (Lipinski definition) is 4. The van der Waals surface area contributed by atoms with Gasteiger partial charge < -0.3 is 0 Å².